The van der Waals surface area contributed by atoms with E-state index in [1.54, 1.807) is 0 Å². The topological polar surface area (TPSA) is 43.1 Å². The highest BCUT2D eigenvalue weighted by Crippen LogP contribution is 2.13. The van der Waals surface area contributed by atoms with Gasteiger partial charge in [0.25, 0.3) is 0 Å². The van der Waals surface area contributed by atoms with Gasteiger partial charge in [0.05, 0.1) is 0 Å². The molecule has 0 aliphatic heterocycles. The van der Waals surface area contributed by atoms with Crippen LogP contribution in [-0.4, -0.2) is 4.98 Å². The summed E-state index contributed by atoms with van der Waals surface area (Å²) in [7, 11) is 0. The molecule has 0 fully saturated rings. The number of hydrogen-bond acceptors (Lipinski definition) is 3. The van der Waals surface area contributed by atoms with Gasteiger partial charge in [0.1, 0.15) is 11.2 Å². The van der Waals surface area contributed by atoms with Gasteiger partial charge in [-0.1, -0.05) is 32.3 Å². The Balaban J connectivity index is 2.21. The van der Waals surface area contributed by atoms with Crippen LogP contribution >= 0.6 is 0 Å². The molecule has 0 unspecified atom stereocenters. The summed E-state index contributed by atoms with van der Waals surface area (Å²) >= 11 is 0. The van der Waals surface area contributed by atoms with Crippen molar-refractivity contribution in [2.75, 3.05) is 0 Å². The van der Waals surface area contributed by atoms with Crippen molar-refractivity contribution in [2.24, 2.45) is 0 Å². The van der Waals surface area contributed by atoms with Crippen molar-refractivity contribution >= 4 is 11.1 Å². The molecule has 2 aromatic rings. The lowest BCUT2D eigenvalue weighted by Gasteiger charge is -2.02. The zero-order valence-electron chi connectivity index (χ0n) is 11.0. The first-order valence-electron chi connectivity index (χ1n) is 6.61. The van der Waals surface area contributed by atoms with Crippen molar-refractivity contribution in [3.05, 3.63) is 39.9 Å². The Labute approximate surface area is 107 Å². The highest BCUT2D eigenvalue weighted by atomic mass is 16.4. The average Bonchev–Trinajstić information content (AvgIpc) is 2.35. The molecule has 3 nitrogen and oxygen atoms in total. The second-order valence-corrected chi connectivity index (χ2v) is 4.73. The fourth-order valence-corrected chi connectivity index (χ4v) is 2.02. The molecule has 0 atom stereocenters. The van der Waals surface area contributed by atoms with Gasteiger partial charge in [-0.05, 0) is 37.5 Å². The van der Waals surface area contributed by atoms with E-state index >= 15 is 0 Å². The largest absolute Gasteiger partial charge is 0.420 e. The van der Waals surface area contributed by atoms with Crippen LogP contribution in [-0.2, 0) is 6.42 Å². The number of benzene rings is 1. The highest BCUT2D eigenvalue weighted by Gasteiger charge is 2.06. The van der Waals surface area contributed by atoms with E-state index in [1.807, 2.05) is 25.1 Å². The predicted molar refractivity (Wildman–Crippen MR) is 72.9 cm³/mol. The zero-order chi connectivity index (χ0) is 13.0. The molecule has 1 aromatic carbocycles. The van der Waals surface area contributed by atoms with Crippen molar-refractivity contribution in [3.63, 3.8) is 0 Å². The Morgan fingerprint density at radius 2 is 2.06 bits per heavy atom. The molecule has 96 valence electrons. The Morgan fingerprint density at radius 3 is 2.83 bits per heavy atom. The normalized spacial score (nSPS) is 11.0. The molecular weight excluding hydrogens is 226 g/mol. The standard InChI is InChI=1S/C15H19NO2/c1-3-4-5-6-7-13-15(17)18-14-10-11(2)8-9-12(14)16-13/h8-10H,3-7H2,1-2H3. The SMILES string of the molecule is CCCCCCc1nc2ccc(C)cc2oc1=O. The average molecular weight is 245 g/mol. The van der Waals surface area contributed by atoms with Gasteiger partial charge in [0.15, 0.2) is 5.58 Å². The quantitative estimate of drug-likeness (QED) is 0.756. The van der Waals surface area contributed by atoms with Crippen molar-refractivity contribution in [1.82, 2.24) is 4.98 Å². The third-order valence-corrected chi connectivity index (χ3v) is 3.08. The molecule has 0 amide bonds. The van der Waals surface area contributed by atoms with Crippen LogP contribution < -0.4 is 5.63 Å². The van der Waals surface area contributed by atoms with Crippen LogP contribution in [0.1, 0.15) is 43.9 Å². The number of fused-ring (bicyclic) bond motifs is 1. The molecule has 0 N–H and O–H groups in total. The number of rotatable bonds is 5. The lowest BCUT2D eigenvalue weighted by Crippen LogP contribution is -2.10. The Hall–Kier alpha value is -1.64. The summed E-state index contributed by atoms with van der Waals surface area (Å²) in [5, 5.41) is 0. The van der Waals surface area contributed by atoms with E-state index < -0.39 is 0 Å². The number of aromatic nitrogens is 1. The van der Waals surface area contributed by atoms with E-state index in [2.05, 4.69) is 11.9 Å². The maximum absolute atomic E-state index is 11.8. The first-order chi connectivity index (χ1) is 8.70. The molecule has 18 heavy (non-hydrogen) atoms. The Morgan fingerprint density at radius 1 is 1.22 bits per heavy atom. The van der Waals surface area contributed by atoms with E-state index in [9.17, 15) is 4.79 Å². The van der Waals surface area contributed by atoms with Gasteiger partial charge >= 0.3 is 5.63 Å². The fourth-order valence-electron chi connectivity index (χ4n) is 2.02. The lowest BCUT2D eigenvalue weighted by molar-refractivity contribution is 0.534. The molecular formula is C15H19NO2. The predicted octanol–water partition coefficient (Wildman–Crippen LogP) is 3.62. The summed E-state index contributed by atoms with van der Waals surface area (Å²) in [6.07, 6.45) is 5.26. The first-order valence-corrected chi connectivity index (χ1v) is 6.61. The fraction of sp³-hybridized carbons (Fsp3) is 0.467. The van der Waals surface area contributed by atoms with E-state index in [0.717, 1.165) is 23.9 Å². The molecule has 0 saturated heterocycles. The van der Waals surface area contributed by atoms with Gasteiger partial charge in [-0.3, -0.25) is 0 Å². The monoisotopic (exact) mass is 245 g/mol. The highest BCUT2D eigenvalue weighted by molar-refractivity contribution is 5.72. The third kappa shape index (κ3) is 2.97. The minimum Gasteiger partial charge on any atom is -0.420 e. The van der Waals surface area contributed by atoms with Gasteiger partial charge in [0, 0.05) is 0 Å². The van der Waals surface area contributed by atoms with Crippen LogP contribution in [0.2, 0.25) is 0 Å². The Kier molecular flexibility index (Phi) is 4.13. The van der Waals surface area contributed by atoms with E-state index in [1.165, 1.54) is 12.8 Å². The van der Waals surface area contributed by atoms with E-state index in [4.69, 9.17) is 4.42 Å². The number of aryl methyl sites for hydroxylation is 2. The van der Waals surface area contributed by atoms with Crippen molar-refractivity contribution < 1.29 is 4.42 Å². The molecule has 2 rings (SSSR count). The van der Waals surface area contributed by atoms with Crippen molar-refractivity contribution in [2.45, 2.75) is 46.0 Å². The summed E-state index contributed by atoms with van der Waals surface area (Å²) in [6, 6.07) is 5.74. The van der Waals surface area contributed by atoms with Crippen LogP contribution in [0.4, 0.5) is 0 Å². The molecule has 0 aliphatic carbocycles. The van der Waals surface area contributed by atoms with Gasteiger partial charge in [-0.25, -0.2) is 9.78 Å². The van der Waals surface area contributed by atoms with Crippen LogP contribution in [0.25, 0.3) is 11.1 Å². The van der Waals surface area contributed by atoms with Crippen molar-refractivity contribution in [3.8, 4) is 0 Å². The lowest BCUT2D eigenvalue weighted by atomic mass is 10.1. The van der Waals surface area contributed by atoms with Crippen LogP contribution in [0, 0.1) is 6.92 Å². The molecule has 0 radical (unpaired) electrons. The van der Waals surface area contributed by atoms with Crippen molar-refractivity contribution in [1.29, 1.82) is 0 Å². The molecule has 0 saturated carbocycles. The third-order valence-electron chi connectivity index (χ3n) is 3.08. The van der Waals surface area contributed by atoms with Crippen LogP contribution in [0.5, 0.6) is 0 Å². The maximum Gasteiger partial charge on any atom is 0.358 e. The molecule has 1 aromatic heterocycles. The summed E-state index contributed by atoms with van der Waals surface area (Å²) < 4.78 is 5.31. The molecule has 1 heterocycles. The molecule has 3 heteroatoms. The van der Waals surface area contributed by atoms with Gasteiger partial charge in [-0.2, -0.15) is 0 Å². The second kappa shape index (κ2) is 5.80. The number of unbranched alkanes of at least 4 members (excludes halogenated alkanes) is 3. The minimum absolute atomic E-state index is 0.287. The van der Waals surface area contributed by atoms with Gasteiger partial charge in [-0.15, -0.1) is 0 Å². The van der Waals surface area contributed by atoms with Gasteiger partial charge in [0.2, 0.25) is 0 Å². The number of nitrogens with zero attached hydrogens (tertiary/aromatic N) is 1. The first kappa shape index (κ1) is 12.8. The second-order valence-electron chi connectivity index (χ2n) is 4.73. The molecule has 0 spiro atoms. The summed E-state index contributed by atoms with van der Waals surface area (Å²) in [5.41, 5.74) is 2.69. The zero-order valence-corrected chi connectivity index (χ0v) is 11.0. The van der Waals surface area contributed by atoms with Gasteiger partial charge < -0.3 is 4.42 Å². The minimum atomic E-state index is -0.287. The smallest absolute Gasteiger partial charge is 0.358 e. The molecule has 0 aliphatic rings. The maximum atomic E-state index is 11.8. The number of hydrogen-bond donors (Lipinski definition) is 0. The summed E-state index contributed by atoms with van der Waals surface area (Å²) in [5.74, 6) is 0. The van der Waals surface area contributed by atoms with E-state index in [0.29, 0.717) is 17.7 Å². The van der Waals surface area contributed by atoms with E-state index in [-0.39, 0.29) is 5.63 Å². The van der Waals surface area contributed by atoms with Crippen LogP contribution in [0.3, 0.4) is 0 Å². The molecule has 0 bridgehead atoms. The summed E-state index contributed by atoms with van der Waals surface area (Å²) in [4.78, 5) is 16.2. The summed E-state index contributed by atoms with van der Waals surface area (Å²) in [6.45, 7) is 4.14. The Bertz CT molecular complexity index is 587. The van der Waals surface area contributed by atoms with Crippen LogP contribution in [0.15, 0.2) is 27.4 Å².